The lowest BCUT2D eigenvalue weighted by Gasteiger charge is -2.14. The summed E-state index contributed by atoms with van der Waals surface area (Å²) in [5.74, 6) is 1.81. The van der Waals surface area contributed by atoms with Crippen molar-refractivity contribution >= 4 is 44.5 Å². The Balaban J connectivity index is 0.000000867. The average molecular weight is 533 g/mol. The Kier molecular flexibility index (Phi) is 10.6. The Morgan fingerprint density at radius 3 is 1.98 bits per heavy atom. The lowest BCUT2D eigenvalue weighted by molar-refractivity contribution is 0.303. The number of hydrogen-bond acceptors (Lipinski definition) is 2. The van der Waals surface area contributed by atoms with Crippen molar-refractivity contribution in [3.63, 3.8) is 0 Å². The molecule has 208 valence electrons. The summed E-state index contributed by atoms with van der Waals surface area (Å²) in [6.07, 6.45) is 15.9. The van der Waals surface area contributed by atoms with Crippen molar-refractivity contribution < 1.29 is 9.47 Å². The minimum Gasteiger partial charge on any atom is -0.496 e. The third-order valence-electron chi connectivity index (χ3n) is 7.62. The molecule has 0 radical (unpaired) electrons. The Bertz CT molecular complexity index is 1550. The van der Waals surface area contributed by atoms with Crippen molar-refractivity contribution in [2.45, 2.75) is 66.2 Å². The first-order valence-electron chi connectivity index (χ1n) is 14.8. The molecule has 0 fully saturated rings. The van der Waals surface area contributed by atoms with E-state index in [9.17, 15) is 0 Å². The summed E-state index contributed by atoms with van der Waals surface area (Å²) in [6, 6.07) is 24.2. The Morgan fingerprint density at radius 2 is 1.27 bits per heavy atom. The summed E-state index contributed by atoms with van der Waals surface area (Å²) in [5.41, 5.74) is 3.35. The highest BCUT2D eigenvalue weighted by atomic mass is 16.5. The van der Waals surface area contributed by atoms with Gasteiger partial charge in [0.1, 0.15) is 11.5 Å². The molecule has 0 amide bonds. The summed E-state index contributed by atoms with van der Waals surface area (Å²) in [7, 11) is 1.73. The summed E-state index contributed by atoms with van der Waals surface area (Å²) in [5, 5.41) is 7.84. The highest BCUT2D eigenvalue weighted by Gasteiger charge is 2.11. The van der Waals surface area contributed by atoms with Crippen LogP contribution in [0.25, 0.3) is 44.5 Å². The zero-order valence-corrected chi connectivity index (χ0v) is 24.9. The Labute approximate surface area is 240 Å². The van der Waals surface area contributed by atoms with E-state index in [1.54, 1.807) is 7.11 Å². The quantitative estimate of drug-likeness (QED) is 0.0729. The van der Waals surface area contributed by atoms with E-state index in [0.717, 1.165) is 35.7 Å². The fourth-order valence-corrected chi connectivity index (χ4v) is 5.30. The van der Waals surface area contributed by atoms with Gasteiger partial charge in [-0.1, -0.05) is 118 Å². The summed E-state index contributed by atoms with van der Waals surface area (Å²) in [4.78, 5) is 0. The molecule has 5 rings (SSSR count). The van der Waals surface area contributed by atoms with Crippen LogP contribution in [0.15, 0.2) is 78.9 Å². The fraction of sp³-hybridized carbons (Fsp3) is 0.316. The van der Waals surface area contributed by atoms with Gasteiger partial charge in [-0.2, -0.15) is 0 Å². The van der Waals surface area contributed by atoms with Crippen LogP contribution in [-0.2, 0) is 0 Å². The average Bonchev–Trinajstić information content (AvgIpc) is 2.99. The molecule has 0 bridgehead atoms. The zero-order chi connectivity index (χ0) is 28.3. The van der Waals surface area contributed by atoms with Crippen LogP contribution in [0.4, 0.5) is 0 Å². The highest BCUT2D eigenvalue weighted by molar-refractivity contribution is 6.24. The molecule has 2 nitrogen and oxygen atoms in total. The van der Waals surface area contributed by atoms with Gasteiger partial charge in [0.15, 0.2) is 0 Å². The van der Waals surface area contributed by atoms with Crippen molar-refractivity contribution in [1.82, 2.24) is 0 Å². The topological polar surface area (TPSA) is 18.5 Å². The second-order valence-electron chi connectivity index (χ2n) is 10.5. The van der Waals surface area contributed by atoms with Crippen LogP contribution < -0.4 is 9.47 Å². The van der Waals surface area contributed by atoms with E-state index in [1.165, 1.54) is 70.0 Å². The smallest absolute Gasteiger partial charge is 0.127 e. The van der Waals surface area contributed by atoms with Crippen LogP contribution in [-0.4, -0.2) is 13.7 Å². The molecule has 5 aromatic rings. The van der Waals surface area contributed by atoms with Crippen LogP contribution in [0.2, 0.25) is 0 Å². The standard InChI is InChI=1S/C34H36O2.C4H8/c1-4-5-6-7-8-9-21-36-32-22-24(2)31(35-3)23-29(32)18-14-25-13-15-28-17-16-26-11-10-12-27-19-20-30(25)34(28)33(26)27;1-3-4-2/h10-20,22-23H,4-9,21H2,1-3H3;3-4H,1-2H3. The number of ether oxygens (including phenoxy) is 2. The van der Waals surface area contributed by atoms with Gasteiger partial charge in [0, 0.05) is 5.56 Å². The first-order valence-corrected chi connectivity index (χ1v) is 14.8. The molecule has 0 saturated heterocycles. The number of benzene rings is 5. The first kappa shape index (κ1) is 29.2. The molecule has 0 N–H and O–H groups in total. The first-order chi connectivity index (χ1) is 19.6. The van der Waals surface area contributed by atoms with Gasteiger partial charge >= 0.3 is 0 Å². The maximum absolute atomic E-state index is 6.29. The second kappa shape index (κ2) is 14.6. The zero-order valence-electron chi connectivity index (χ0n) is 24.9. The van der Waals surface area contributed by atoms with Crippen molar-refractivity contribution in [3.05, 3.63) is 95.6 Å². The molecule has 0 aromatic heterocycles. The van der Waals surface area contributed by atoms with Crippen LogP contribution in [0.1, 0.15) is 76.0 Å². The van der Waals surface area contributed by atoms with E-state index in [0.29, 0.717) is 0 Å². The Morgan fingerprint density at radius 1 is 0.650 bits per heavy atom. The highest BCUT2D eigenvalue weighted by Crippen LogP contribution is 2.37. The van der Waals surface area contributed by atoms with Crippen molar-refractivity contribution in [2.24, 2.45) is 0 Å². The molecule has 40 heavy (non-hydrogen) atoms. The van der Waals surface area contributed by atoms with Gasteiger partial charge in [0.05, 0.1) is 13.7 Å². The van der Waals surface area contributed by atoms with Gasteiger partial charge in [0.25, 0.3) is 0 Å². The number of methoxy groups -OCH3 is 1. The van der Waals surface area contributed by atoms with E-state index in [2.05, 4.69) is 92.7 Å². The van der Waals surface area contributed by atoms with Gasteiger partial charge < -0.3 is 9.47 Å². The third kappa shape index (κ3) is 6.86. The minimum absolute atomic E-state index is 0.747. The monoisotopic (exact) mass is 532 g/mol. The molecule has 0 aliphatic heterocycles. The molecular weight excluding hydrogens is 488 g/mol. The molecule has 0 unspecified atom stereocenters. The Hall–Kier alpha value is -3.78. The molecule has 0 atom stereocenters. The normalized spacial score (nSPS) is 11.6. The minimum atomic E-state index is 0.747. The van der Waals surface area contributed by atoms with Crippen molar-refractivity contribution in [2.75, 3.05) is 13.7 Å². The van der Waals surface area contributed by atoms with Gasteiger partial charge in [0.2, 0.25) is 0 Å². The summed E-state index contributed by atoms with van der Waals surface area (Å²) in [6.45, 7) is 9.08. The molecule has 0 aliphatic carbocycles. The van der Waals surface area contributed by atoms with E-state index >= 15 is 0 Å². The molecule has 0 saturated carbocycles. The summed E-state index contributed by atoms with van der Waals surface area (Å²) < 4.78 is 11.9. The maximum atomic E-state index is 6.29. The predicted octanol–water partition coefficient (Wildman–Crippen LogP) is 11.4. The predicted molar refractivity (Wildman–Crippen MR) is 176 cm³/mol. The van der Waals surface area contributed by atoms with Crippen LogP contribution in [0.3, 0.4) is 0 Å². The molecule has 0 heterocycles. The van der Waals surface area contributed by atoms with E-state index in [-0.39, 0.29) is 0 Å². The molecule has 2 heteroatoms. The van der Waals surface area contributed by atoms with E-state index < -0.39 is 0 Å². The SMILES string of the molecule is CC=CC.CCCCCCCCOc1cc(C)c(OC)cc1C=Cc1ccc2ccc3cccc4ccc1c2c34. The molecule has 5 aromatic carbocycles. The largest absolute Gasteiger partial charge is 0.496 e. The number of unbranched alkanes of at least 4 members (excludes halogenated alkanes) is 5. The lowest BCUT2D eigenvalue weighted by atomic mass is 9.92. The van der Waals surface area contributed by atoms with Crippen molar-refractivity contribution in [3.8, 4) is 11.5 Å². The van der Waals surface area contributed by atoms with E-state index in [1.807, 2.05) is 26.0 Å². The molecular formula is C38H44O2. The van der Waals surface area contributed by atoms with Crippen LogP contribution in [0, 0.1) is 6.92 Å². The maximum Gasteiger partial charge on any atom is 0.127 e. The lowest BCUT2D eigenvalue weighted by Crippen LogP contribution is -2.00. The van der Waals surface area contributed by atoms with Crippen LogP contribution >= 0.6 is 0 Å². The van der Waals surface area contributed by atoms with Gasteiger partial charge in [-0.25, -0.2) is 0 Å². The summed E-state index contributed by atoms with van der Waals surface area (Å²) >= 11 is 0. The number of allylic oxidation sites excluding steroid dienone is 2. The van der Waals surface area contributed by atoms with Gasteiger partial charge in [-0.3, -0.25) is 0 Å². The van der Waals surface area contributed by atoms with Crippen LogP contribution in [0.5, 0.6) is 11.5 Å². The molecule has 0 aliphatic rings. The van der Waals surface area contributed by atoms with Crippen molar-refractivity contribution in [1.29, 1.82) is 0 Å². The number of hydrogen-bond donors (Lipinski definition) is 0. The van der Waals surface area contributed by atoms with Gasteiger partial charge in [-0.05, 0) is 82.8 Å². The number of aryl methyl sites for hydroxylation is 1. The van der Waals surface area contributed by atoms with Gasteiger partial charge in [-0.15, -0.1) is 0 Å². The van der Waals surface area contributed by atoms with E-state index in [4.69, 9.17) is 9.47 Å². The fourth-order valence-electron chi connectivity index (χ4n) is 5.30. The number of rotatable bonds is 11. The second-order valence-corrected chi connectivity index (χ2v) is 10.5. The molecule has 0 spiro atoms. The third-order valence-corrected chi connectivity index (χ3v) is 7.62.